The molecule has 0 unspecified atom stereocenters. The van der Waals surface area contributed by atoms with Crippen LogP contribution in [-0.4, -0.2) is 0 Å². The van der Waals surface area contributed by atoms with E-state index in [1.54, 1.807) is 12.1 Å². The second-order valence-corrected chi connectivity index (χ2v) is 5.15. The van der Waals surface area contributed by atoms with Gasteiger partial charge in [0.25, 0.3) is 0 Å². The van der Waals surface area contributed by atoms with E-state index in [-0.39, 0.29) is 12.4 Å². The summed E-state index contributed by atoms with van der Waals surface area (Å²) in [5, 5.41) is 0. The molecular formula is C17H20FNO. The van der Waals surface area contributed by atoms with E-state index in [9.17, 15) is 4.39 Å². The van der Waals surface area contributed by atoms with Crippen LogP contribution in [0.3, 0.4) is 0 Å². The minimum Gasteiger partial charge on any atom is -0.489 e. The van der Waals surface area contributed by atoms with Gasteiger partial charge < -0.3 is 10.5 Å². The zero-order valence-electron chi connectivity index (χ0n) is 11.9. The van der Waals surface area contributed by atoms with Gasteiger partial charge in [-0.05, 0) is 41.3 Å². The molecule has 3 heteroatoms. The molecule has 0 atom stereocenters. The summed E-state index contributed by atoms with van der Waals surface area (Å²) in [5.41, 5.74) is 8.17. The molecule has 2 N–H and O–H groups in total. The highest BCUT2D eigenvalue weighted by Gasteiger charge is 2.04. The minimum atomic E-state index is -0.266. The van der Waals surface area contributed by atoms with Gasteiger partial charge in [0.1, 0.15) is 18.2 Å². The highest BCUT2D eigenvalue weighted by atomic mass is 19.1. The van der Waals surface area contributed by atoms with Gasteiger partial charge in [0.2, 0.25) is 0 Å². The van der Waals surface area contributed by atoms with Gasteiger partial charge in [-0.25, -0.2) is 4.39 Å². The molecule has 106 valence electrons. The Balaban J connectivity index is 2.07. The van der Waals surface area contributed by atoms with E-state index >= 15 is 0 Å². The summed E-state index contributed by atoms with van der Waals surface area (Å²) in [6.45, 7) is 4.90. The number of hydrogen-bond acceptors (Lipinski definition) is 2. The maximum absolute atomic E-state index is 13.4. The lowest BCUT2D eigenvalue weighted by Gasteiger charge is -2.11. The maximum Gasteiger partial charge on any atom is 0.127 e. The average Bonchev–Trinajstić information content (AvgIpc) is 2.46. The number of hydrogen-bond donors (Lipinski definition) is 1. The SMILES string of the molecule is CC(C)c1cccc(OCc2ccc(F)c(CN)c2)c1. The second-order valence-electron chi connectivity index (χ2n) is 5.15. The fraction of sp³-hybridized carbons (Fsp3) is 0.294. The van der Waals surface area contributed by atoms with Crippen molar-refractivity contribution in [3.05, 3.63) is 65.0 Å². The molecule has 0 aliphatic rings. The van der Waals surface area contributed by atoms with Crippen molar-refractivity contribution in [2.75, 3.05) is 0 Å². The monoisotopic (exact) mass is 273 g/mol. The molecular weight excluding hydrogens is 253 g/mol. The van der Waals surface area contributed by atoms with Gasteiger partial charge in [-0.15, -0.1) is 0 Å². The highest BCUT2D eigenvalue weighted by molar-refractivity contribution is 5.31. The van der Waals surface area contributed by atoms with Crippen LogP contribution in [0.4, 0.5) is 4.39 Å². The topological polar surface area (TPSA) is 35.2 Å². The van der Waals surface area contributed by atoms with E-state index in [4.69, 9.17) is 10.5 Å². The summed E-state index contributed by atoms with van der Waals surface area (Å²) in [7, 11) is 0. The number of nitrogens with two attached hydrogens (primary N) is 1. The van der Waals surface area contributed by atoms with Crippen LogP contribution in [0.2, 0.25) is 0 Å². The average molecular weight is 273 g/mol. The molecule has 2 nitrogen and oxygen atoms in total. The molecule has 0 aliphatic carbocycles. The number of ether oxygens (including phenoxy) is 1. The normalized spacial score (nSPS) is 10.8. The Bertz CT molecular complexity index is 581. The quantitative estimate of drug-likeness (QED) is 0.894. The first kappa shape index (κ1) is 14.5. The highest BCUT2D eigenvalue weighted by Crippen LogP contribution is 2.21. The summed E-state index contributed by atoms with van der Waals surface area (Å²) in [5.74, 6) is 1.03. The first-order valence-corrected chi connectivity index (χ1v) is 6.80. The van der Waals surface area contributed by atoms with E-state index in [0.29, 0.717) is 18.1 Å². The van der Waals surface area contributed by atoms with E-state index in [2.05, 4.69) is 19.9 Å². The molecule has 0 saturated carbocycles. The molecule has 0 heterocycles. The van der Waals surface area contributed by atoms with Gasteiger partial charge in [0.15, 0.2) is 0 Å². The van der Waals surface area contributed by atoms with Crippen molar-refractivity contribution < 1.29 is 9.13 Å². The van der Waals surface area contributed by atoms with Crippen LogP contribution >= 0.6 is 0 Å². The smallest absolute Gasteiger partial charge is 0.127 e. The van der Waals surface area contributed by atoms with Crippen molar-refractivity contribution >= 4 is 0 Å². The Kier molecular flexibility index (Phi) is 4.74. The third kappa shape index (κ3) is 3.58. The zero-order chi connectivity index (χ0) is 14.5. The van der Waals surface area contributed by atoms with Crippen LogP contribution in [0, 0.1) is 5.82 Å². The molecule has 0 saturated heterocycles. The van der Waals surface area contributed by atoms with Crippen molar-refractivity contribution in [1.29, 1.82) is 0 Å². The predicted molar refractivity (Wildman–Crippen MR) is 79.2 cm³/mol. The lowest BCUT2D eigenvalue weighted by atomic mass is 10.0. The van der Waals surface area contributed by atoms with Crippen molar-refractivity contribution in [2.24, 2.45) is 5.73 Å². The van der Waals surface area contributed by atoms with E-state index in [0.717, 1.165) is 11.3 Å². The van der Waals surface area contributed by atoms with Crippen LogP contribution in [0.5, 0.6) is 5.75 Å². The Hall–Kier alpha value is -1.87. The molecule has 0 bridgehead atoms. The van der Waals surface area contributed by atoms with Gasteiger partial charge in [-0.3, -0.25) is 0 Å². The second kappa shape index (κ2) is 6.53. The first-order chi connectivity index (χ1) is 9.60. The summed E-state index contributed by atoms with van der Waals surface area (Å²) in [6.07, 6.45) is 0. The molecule has 0 radical (unpaired) electrons. The molecule has 2 aromatic rings. The summed E-state index contributed by atoms with van der Waals surface area (Å²) < 4.78 is 19.1. The molecule has 2 aromatic carbocycles. The zero-order valence-corrected chi connectivity index (χ0v) is 11.9. The van der Waals surface area contributed by atoms with Crippen LogP contribution in [-0.2, 0) is 13.2 Å². The third-order valence-electron chi connectivity index (χ3n) is 3.26. The molecule has 2 rings (SSSR count). The number of benzene rings is 2. The lowest BCUT2D eigenvalue weighted by molar-refractivity contribution is 0.305. The van der Waals surface area contributed by atoms with Crippen LogP contribution in [0.1, 0.15) is 36.5 Å². The predicted octanol–water partition coefficient (Wildman–Crippen LogP) is 3.99. The Morgan fingerprint density at radius 3 is 2.65 bits per heavy atom. The summed E-state index contributed by atoms with van der Waals surface area (Å²) in [6, 6.07) is 13.0. The first-order valence-electron chi connectivity index (χ1n) is 6.80. The molecule has 0 spiro atoms. The van der Waals surface area contributed by atoms with Gasteiger partial charge in [-0.1, -0.05) is 32.0 Å². The van der Waals surface area contributed by atoms with Crippen molar-refractivity contribution in [1.82, 2.24) is 0 Å². The van der Waals surface area contributed by atoms with E-state index in [1.807, 2.05) is 18.2 Å². The lowest BCUT2D eigenvalue weighted by Crippen LogP contribution is -2.03. The van der Waals surface area contributed by atoms with E-state index in [1.165, 1.54) is 11.6 Å². The number of rotatable bonds is 5. The van der Waals surface area contributed by atoms with Crippen LogP contribution < -0.4 is 10.5 Å². The Morgan fingerprint density at radius 1 is 1.15 bits per heavy atom. The van der Waals surface area contributed by atoms with Crippen molar-refractivity contribution in [3.8, 4) is 5.75 Å². The fourth-order valence-electron chi connectivity index (χ4n) is 2.00. The molecule has 20 heavy (non-hydrogen) atoms. The van der Waals surface area contributed by atoms with E-state index < -0.39 is 0 Å². The van der Waals surface area contributed by atoms with Crippen molar-refractivity contribution in [3.63, 3.8) is 0 Å². The largest absolute Gasteiger partial charge is 0.489 e. The Labute approximate surface area is 119 Å². The van der Waals surface area contributed by atoms with Gasteiger partial charge in [0, 0.05) is 12.1 Å². The molecule has 0 aliphatic heterocycles. The van der Waals surface area contributed by atoms with Crippen molar-refractivity contribution in [2.45, 2.75) is 32.9 Å². The maximum atomic E-state index is 13.4. The Morgan fingerprint density at radius 2 is 1.95 bits per heavy atom. The summed E-state index contributed by atoms with van der Waals surface area (Å²) >= 11 is 0. The number of halogens is 1. The van der Waals surface area contributed by atoms with Crippen LogP contribution in [0.15, 0.2) is 42.5 Å². The van der Waals surface area contributed by atoms with Crippen LogP contribution in [0.25, 0.3) is 0 Å². The van der Waals surface area contributed by atoms with Gasteiger partial charge >= 0.3 is 0 Å². The van der Waals surface area contributed by atoms with Gasteiger partial charge in [0.05, 0.1) is 0 Å². The molecule has 0 fully saturated rings. The molecule has 0 aromatic heterocycles. The minimum absolute atomic E-state index is 0.197. The molecule has 0 amide bonds. The fourth-order valence-corrected chi connectivity index (χ4v) is 2.00. The summed E-state index contributed by atoms with van der Waals surface area (Å²) in [4.78, 5) is 0. The third-order valence-corrected chi connectivity index (χ3v) is 3.26. The van der Waals surface area contributed by atoms with Gasteiger partial charge in [-0.2, -0.15) is 0 Å². The standard InChI is InChI=1S/C17H20FNO/c1-12(2)14-4-3-5-16(9-14)20-11-13-6-7-17(18)15(8-13)10-19/h3-9,12H,10-11,19H2,1-2H3.